The molecular formula is C8H11NO2. The number of nitrogens with one attached hydrogen (secondary N) is 1. The molecule has 0 spiro atoms. The van der Waals surface area contributed by atoms with Gasteiger partial charge >= 0.3 is 5.97 Å². The Kier molecular flexibility index (Phi) is 1.46. The summed E-state index contributed by atoms with van der Waals surface area (Å²) in [6.07, 6.45) is 6.03. The standard InChI is InChI=1S/C8H11NO2/c10-8(11)7-4-5-2-1-3-6(5)9-7/h1,3,5-7,9H,2,4H2,(H,10,11)/t5-,6-,7-/m0/s1. The van der Waals surface area contributed by atoms with Gasteiger partial charge in [-0.15, -0.1) is 0 Å². The van der Waals surface area contributed by atoms with Crippen molar-refractivity contribution in [3.63, 3.8) is 0 Å². The molecule has 0 aromatic carbocycles. The second kappa shape index (κ2) is 2.34. The maximum atomic E-state index is 10.5. The molecule has 1 heterocycles. The first-order valence-corrected chi connectivity index (χ1v) is 3.93. The number of allylic oxidation sites excluding steroid dienone is 1. The number of rotatable bonds is 1. The minimum atomic E-state index is -0.715. The van der Waals surface area contributed by atoms with Crippen molar-refractivity contribution in [2.45, 2.75) is 24.9 Å². The molecule has 0 saturated carbocycles. The molecule has 3 nitrogen and oxygen atoms in total. The van der Waals surface area contributed by atoms with Gasteiger partial charge in [0.2, 0.25) is 0 Å². The topological polar surface area (TPSA) is 49.3 Å². The third-order valence-electron chi connectivity index (χ3n) is 2.52. The monoisotopic (exact) mass is 153 g/mol. The lowest BCUT2D eigenvalue weighted by atomic mass is 10.0. The van der Waals surface area contributed by atoms with Crippen molar-refractivity contribution in [2.24, 2.45) is 5.92 Å². The van der Waals surface area contributed by atoms with Gasteiger partial charge < -0.3 is 5.11 Å². The van der Waals surface area contributed by atoms with E-state index < -0.39 is 5.97 Å². The van der Waals surface area contributed by atoms with Crippen molar-refractivity contribution in [3.8, 4) is 0 Å². The fourth-order valence-corrected chi connectivity index (χ4v) is 1.91. The molecule has 0 bridgehead atoms. The van der Waals surface area contributed by atoms with E-state index in [2.05, 4.69) is 17.5 Å². The summed E-state index contributed by atoms with van der Waals surface area (Å²) in [5.41, 5.74) is 0. The fourth-order valence-electron chi connectivity index (χ4n) is 1.91. The van der Waals surface area contributed by atoms with Crippen molar-refractivity contribution >= 4 is 5.97 Å². The summed E-state index contributed by atoms with van der Waals surface area (Å²) in [7, 11) is 0. The number of carbonyl (C=O) groups is 1. The smallest absolute Gasteiger partial charge is 0.320 e. The number of hydrogen-bond donors (Lipinski definition) is 2. The molecule has 2 rings (SSSR count). The first-order chi connectivity index (χ1) is 5.27. The maximum Gasteiger partial charge on any atom is 0.320 e. The molecule has 0 aromatic heterocycles. The van der Waals surface area contributed by atoms with E-state index in [0.717, 1.165) is 12.8 Å². The summed E-state index contributed by atoms with van der Waals surface area (Å²) in [5, 5.41) is 11.7. The van der Waals surface area contributed by atoms with Crippen LogP contribution in [0.5, 0.6) is 0 Å². The quantitative estimate of drug-likeness (QED) is 0.535. The zero-order valence-electron chi connectivity index (χ0n) is 6.16. The third kappa shape index (κ3) is 1.05. The molecule has 3 heteroatoms. The van der Waals surface area contributed by atoms with Crippen LogP contribution in [-0.4, -0.2) is 23.2 Å². The van der Waals surface area contributed by atoms with Crippen LogP contribution in [0, 0.1) is 5.92 Å². The number of hydrogen-bond acceptors (Lipinski definition) is 2. The van der Waals surface area contributed by atoms with Gasteiger partial charge in [0.25, 0.3) is 0 Å². The first-order valence-electron chi connectivity index (χ1n) is 3.93. The Bertz CT molecular complexity index is 212. The van der Waals surface area contributed by atoms with E-state index in [1.165, 1.54) is 0 Å². The average Bonchev–Trinajstić information content (AvgIpc) is 2.40. The molecular weight excluding hydrogens is 142 g/mol. The molecule has 11 heavy (non-hydrogen) atoms. The highest BCUT2D eigenvalue weighted by Crippen LogP contribution is 2.29. The minimum Gasteiger partial charge on any atom is -0.480 e. The molecule has 1 saturated heterocycles. The van der Waals surface area contributed by atoms with Gasteiger partial charge in [0.1, 0.15) is 6.04 Å². The van der Waals surface area contributed by atoms with E-state index in [0.29, 0.717) is 12.0 Å². The van der Waals surface area contributed by atoms with Gasteiger partial charge in [0, 0.05) is 6.04 Å². The van der Waals surface area contributed by atoms with Crippen LogP contribution in [0.4, 0.5) is 0 Å². The summed E-state index contributed by atoms with van der Waals surface area (Å²) in [6.45, 7) is 0. The van der Waals surface area contributed by atoms with Gasteiger partial charge in [0.15, 0.2) is 0 Å². The van der Waals surface area contributed by atoms with E-state index in [9.17, 15) is 4.79 Å². The van der Waals surface area contributed by atoms with Crippen molar-refractivity contribution in [1.82, 2.24) is 5.32 Å². The van der Waals surface area contributed by atoms with Crippen molar-refractivity contribution in [2.75, 3.05) is 0 Å². The first kappa shape index (κ1) is 6.85. The lowest BCUT2D eigenvalue weighted by Crippen LogP contribution is -2.34. The van der Waals surface area contributed by atoms with Gasteiger partial charge in [-0.2, -0.15) is 0 Å². The highest BCUT2D eigenvalue weighted by atomic mass is 16.4. The summed E-state index contributed by atoms with van der Waals surface area (Å²) in [6, 6.07) is 0.0195. The molecule has 0 radical (unpaired) electrons. The van der Waals surface area contributed by atoms with Gasteiger partial charge in [-0.3, -0.25) is 10.1 Å². The molecule has 2 N–H and O–H groups in total. The van der Waals surface area contributed by atoms with Crippen LogP contribution in [0.15, 0.2) is 12.2 Å². The summed E-state index contributed by atoms with van der Waals surface area (Å²) in [5.74, 6) is -0.177. The second-order valence-corrected chi connectivity index (χ2v) is 3.24. The Labute approximate surface area is 65.1 Å². The van der Waals surface area contributed by atoms with E-state index in [1.54, 1.807) is 0 Å². The van der Waals surface area contributed by atoms with Gasteiger partial charge in [0.05, 0.1) is 0 Å². The molecule has 0 unspecified atom stereocenters. The normalized spacial score (nSPS) is 40.9. The zero-order chi connectivity index (χ0) is 7.84. The lowest BCUT2D eigenvalue weighted by molar-refractivity contribution is -0.139. The van der Waals surface area contributed by atoms with Crippen LogP contribution in [0.25, 0.3) is 0 Å². The number of fused-ring (bicyclic) bond motifs is 1. The molecule has 2 aliphatic rings. The number of carboxylic acids is 1. The van der Waals surface area contributed by atoms with E-state index in [1.807, 2.05) is 0 Å². The fraction of sp³-hybridized carbons (Fsp3) is 0.625. The molecule has 60 valence electrons. The molecule has 1 aliphatic carbocycles. The predicted octanol–water partition coefficient (Wildman–Crippen LogP) is 0.378. The van der Waals surface area contributed by atoms with Crippen LogP contribution < -0.4 is 5.32 Å². The van der Waals surface area contributed by atoms with E-state index >= 15 is 0 Å². The average molecular weight is 153 g/mol. The minimum absolute atomic E-state index is 0.310. The highest BCUT2D eigenvalue weighted by molar-refractivity contribution is 5.74. The zero-order valence-corrected chi connectivity index (χ0v) is 6.16. The Balaban J connectivity index is 2.04. The van der Waals surface area contributed by atoms with Gasteiger partial charge in [-0.05, 0) is 18.8 Å². The van der Waals surface area contributed by atoms with Gasteiger partial charge in [-0.25, -0.2) is 0 Å². The second-order valence-electron chi connectivity index (χ2n) is 3.24. The molecule has 1 aliphatic heterocycles. The SMILES string of the molecule is O=C(O)[C@@H]1C[C@@H]2CC=C[C@@H]2N1. The number of carboxylic acid groups (broad SMARTS) is 1. The Morgan fingerprint density at radius 3 is 3.09 bits per heavy atom. The van der Waals surface area contributed by atoms with E-state index in [4.69, 9.17) is 5.11 Å². The van der Waals surface area contributed by atoms with Crippen LogP contribution in [0.3, 0.4) is 0 Å². The number of aliphatic carboxylic acids is 1. The van der Waals surface area contributed by atoms with Crippen molar-refractivity contribution < 1.29 is 9.90 Å². The molecule has 0 aromatic rings. The summed E-state index contributed by atoms with van der Waals surface area (Å²) >= 11 is 0. The van der Waals surface area contributed by atoms with Crippen molar-refractivity contribution in [3.05, 3.63) is 12.2 Å². The van der Waals surface area contributed by atoms with Crippen LogP contribution in [0.2, 0.25) is 0 Å². The molecule has 0 amide bonds. The van der Waals surface area contributed by atoms with Crippen LogP contribution in [-0.2, 0) is 4.79 Å². The largest absolute Gasteiger partial charge is 0.480 e. The Morgan fingerprint density at radius 1 is 1.64 bits per heavy atom. The van der Waals surface area contributed by atoms with Crippen LogP contribution in [0.1, 0.15) is 12.8 Å². The maximum absolute atomic E-state index is 10.5. The van der Waals surface area contributed by atoms with Gasteiger partial charge in [-0.1, -0.05) is 12.2 Å². The Hall–Kier alpha value is -0.830. The third-order valence-corrected chi connectivity index (χ3v) is 2.52. The molecule has 3 atom stereocenters. The van der Waals surface area contributed by atoms with E-state index in [-0.39, 0.29) is 6.04 Å². The predicted molar refractivity (Wildman–Crippen MR) is 40.2 cm³/mol. The van der Waals surface area contributed by atoms with Crippen molar-refractivity contribution in [1.29, 1.82) is 0 Å². The summed E-state index contributed by atoms with van der Waals surface area (Å²) < 4.78 is 0. The highest BCUT2D eigenvalue weighted by Gasteiger charge is 2.37. The molecule has 1 fully saturated rings. The lowest BCUT2D eigenvalue weighted by Gasteiger charge is -2.05. The summed E-state index contributed by atoms with van der Waals surface area (Å²) in [4.78, 5) is 10.5. The Morgan fingerprint density at radius 2 is 2.45 bits per heavy atom. The van der Waals surface area contributed by atoms with Crippen LogP contribution >= 0.6 is 0 Å².